The third-order valence-corrected chi connectivity index (χ3v) is 12.6. The first-order chi connectivity index (χ1) is 14.9. The Hall–Kier alpha value is -0.830. The molecule has 5 saturated carbocycles. The van der Waals surface area contributed by atoms with E-state index >= 15 is 0 Å². The highest BCUT2D eigenvalue weighted by Gasteiger charge is 2.68. The first-order valence-electron chi connectivity index (χ1n) is 13.5. The van der Waals surface area contributed by atoms with Crippen molar-refractivity contribution in [1.29, 1.82) is 0 Å². The van der Waals surface area contributed by atoms with Gasteiger partial charge in [-0.25, -0.2) is 0 Å². The molecule has 0 aliphatic heterocycles. The molecular weight excluding hydrogens is 396 g/mol. The van der Waals surface area contributed by atoms with Crippen molar-refractivity contribution in [3.63, 3.8) is 0 Å². The molecule has 3 nitrogen and oxygen atoms in total. The number of rotatable bonds is 2. The number of aliphatic carboxylic acids is 1. The molecule has 0 aromatic rings. The summed E-state index contributed by atoms with van der Waals surface area (Å²) in [4.78, 5) is 12.7. The van der Waals surface area contributed by atoms with E-state index in [1.54, 1.807) is 0 Å². The second kappa shape index (κ2) is 7.09. The van der Waals surface area contributed by atoms with Gasteiger partial charge in [-0.15, -0.1) is 0 Å². The summed E-state index contributed by atoms with van der Waals surface area (Å²) in [5.41, 5.74) is 1.30. The molecule has 3 heteroatoms. The van der Waals surface area contributed by atoms with Gasteiger partial charge in [0.25, 0.3) is 0 Å². The lowest BCUT2D eigenvalue weighted by molar-refractivity contribution is -0.217. The summed E-state index contributed by atoms with van der Waals surface area (Å²) in [6.45, 7) is 16.2. The van der Waals surface area contributed by atoms with Crippen LogP contribution in [0.5, 0.6) is 0 Å². The van der Waals surface area contributed by atoms with Gasteiger partial charge in [0.15, 0.2) is 0 Å². The molecule has 0 aromatic carbocycles. The number of carbonyl (C=O) groups is 1. The van der Waals surface area contributed by atoms with Crippen LogP contribution in [0.3, 0.4) is 0 Å². The zero-order chi connectivity index (χ0) is 23.3. The maximum absolute atomic E-state index is 12.7. The SMILES string of the molecule is C=C(C)[C@@H]1CC[C@]2(C(=O)O)CC[C@@H]3[C@H](CC[C@@H]4[C@@]3(C)CC[C@H]3C(C)(C)[C@H](O)CC[C@]43C)[C@@H]12. The second-order valence-electron chi connectivity index (χ2n) is 13.9. The summed E-state index contributed by atoms with van der Waals surface area (Å²) in [6.07, 6.45) is 10.6. The fourth-order valence-corrected chi connectivity index (χ4v) is 11.2. The second-order valence-corrected chi connectivity index (χ2v) is 13.9. The minimum atomic E-state index is -0.532. The molecule has 0 spiro atoms. The Morgan fingerprint density at radius 3 is 2.16 bits per heavy atom. The van der Waals surface area contributed by atoms with Crippen LogP contribution >= 0.6 is 0 Å². The van der Waals surface area contributed by atoms with Crippen LogP contribution in [0.25, 0.3) is 0 Å². The first-order valence-corrected chi connectivity index (χ1v) is 13.5. The van der Waals surface area contributed by atoms with E-state index in [1.807, 2.05) is 0 Å². The van der Waals surface area contributed by atoms with E-state index in [9.17, 15) is 15.0 Å². The maximum atomic E-state index is 12.7. The quantitative estimate of drug-likeness (QED) is 0.468. The number of aliphatic hydroxyl groups excluding tert-OH is 1. The molecule has 0 bridgehead atoms. The topological polar surface area (TPSA) is 57.5 Å². The smallest absolute Gasteiger partial charge is 0.309 e. The molecule has 0 saturated heterocycles. The Labute approximate surface area is 195 Å². The largest absolute Gasteiger partial charge is 0.481 e. The average Bonchev–Trinajstić information content (AvgIpc) is 3.12. The minimum absolute atomic E-state index is 0.00724. The van der Waals surface area contributed by atoms with Crippen LogP contribution in [0, 0.1) is 57.2 Å². The predicted octanol–water partition coefficient (Wildman–Crippen LogP) is 6.70. The van der Waals surface area contributed by atoms with Crippen LogP contribution in [-0.4, -0.2) is 22.3 Å². The Balaban J connectivity index is 1.52. The van der Waals surface area contributed by atoms with E-state index in [0.717, 1.165) is 38.5 Å². The number of carboxylic acids is 1. The number of carboxylic acid groups (broad SMARTS) is 1. The van der Waals surface area contributed by atoms with Crippen LogP contribution in [0.2, 0.25) is 0 Å². The van der Waals surface area contributed by atoms with Gasteiger partial charge in [0.05, 0.1) is 11.5 Å². The van der Waals surface area contributed by atoms with Gasteiger partial charge in [-0.2, -0.15) is 0 Å². The van der Waals surface area contributed by atoms with E-state index in [-0.39, 0.29) is 17.4 Å². The lowest BCUT2D eigenvalue weighted by Crippen LogP contribution is -2.63. The van der Waals surface area contributed by atoms with Crippen LogP contribution in [0.1, 0.15) is 98.8 Å². The number of fused-ring (bicyclic) bond motifs is 7. The van der Waals surface area contributed by atoms with E-state index < -0.39 is 11.4 Å². The lowest BCUT2D eigenvalue weighted by Gasteiger charge is -2.69. The molecule has 0 radical (unpaired) electrons. The molecule has 5 rings (SSSR count). The molecule has 5 fully saturated rings. The average molecular weight is 443 g/mol. The van der Waals surface area contributed by atoms with E-state index in [4.69, 9.17) is 0 Å². The fraction of sp³-hybridized carbons (Fsp3) is 0.897. The van der Waals surface area contributed by atoms with E-state index in [0.29, 0.717) is 40.4 Å². The zero-order valence-corrected chi connectivity index (χ0v) is 21.1. The van der Waals surface area contributed by atoms with E-state index in [2.05, 4.69) is 41.2 Å². The molecule has 0 aromatic heterocycles. The molecule has 10 atom stereocenters. The van der Waals surface area contributed by atoms with Crippen molar-refractivity contribution in [2.75, 3.05) is 0 Å². The Morgan fingerprint density at radius 1 is 0.844 bits per heavy atom. The van der Waals surface area contributed by atoms with Crippen LogP contribution < -0.4 is 0 Å². The molecule has 5 aliphatic carbocycles. The number of aliphatic hydroxyl groups is 1. The standard InChI is InChI=1S/C29H46O3/c1-17(2)18-9-15-29(25(31)32)16-10-20-19(24(18)29)7-8-22-27(20,5)13-11-21-26(3,4)23(30)12-14-28(21,22)6/h18-24,30H,1,7-16H2,2-6H3,(H,31,32)/t18-,19-,20+,21-,22+,23+,24+,27-,28-,29-/m0/s1. The summed E-state index contributed by atoms with van der Waals surface area (Å²) in [6, 6.07) is 0. The van der Waals surface area contributed by atoms with Crippen LogP contribution in [0.15, 0.2) is 12.2 Å². The third-order valence-electron chi connectivity index (χ3n) is 12.6. The van der Waals surface area contributed by atoms with Crippen molar-refractivity contribution in [2.45, 2.75) is 105 Å². The summed E-state index contributed by atoms with van der Waals surface area (Å²) in [5.74, 6) is 2.60. The highest BCUT2D eigenvalue weighted by Crippen LogP contribution is 2.73. The Bertz CT molecular complexity index is 815. The Morgan fingerprint density at radius 2 is 1.50 bits per heavy atom. The van der Waals surface area contributed by atoms with Gasteiger partial charge in [-0.05, 0) is 123 Å². The van der Waals surface area contributed by atoms with Crippen LogP contribution in [0.4, 0.5) is 0 Å². The molecule has 32 heavy (non-hydrogen) atoms. The fourth-order valence-electron chi connectivity index (χ4n) is 11.2. The first kappa shape index (κ1) is 22.9. The van der Waals surface area contributed by atoms with Crippen molar-refractivity contribution < 1.29 is 15.0 Å². The molecule has 0 heterocycles. The summed E-state index contributed by atoms with van der Waals surface area (Å²) < 4.78 is 0. The van der Waals surface area contributed by atoms with Crippen molar-refractivity contribution in [2.24, 2.45) is 57.2 Å². The zero-order valence-electron chi connectivity index (χ0n) is 21.1. The summed E-state index contributed by atoms with van der Waals surface area (Å²) >= 11 is 0. The van der Waals surface area contributed by atoms with Gasteiger partial charge in [-0.1, -0.05) is 39.8 Å². The van der Waals surface area contributed by atoms with Gasteiger partial charge in [0.2, 0.25) is 0 Å². The number of hydrogen-bond donors (Lipinski definition) is 2. The van der Waals surface area contributed by atoms with Gasteiger partial charge in [0, 0.05) is 0 Å². The van der Waals surface area contributed by atoms with Crippen molar-refractivity contribution >= 4 is 5.97 Å². The van der Waals surface area contributed by atoms with E-state index in [1.165, 1.54) is 31.3 Å². The number of hydrogen-bond acceptors (Lipinski definition) is 2. The highest BCUT2D eigenvalue weighted by atomic mass is 16.4. The highest BCUT2D eigenvalue weighted by molar-refractivity contribution is 5.76. The molecule has 0 unspecified atom stereocenters. The van der Waals surface area contributed by atoms with Crippen molar-refractivity contribution in [3.05, 3.63) is 12.2 Å². The van der Waals surface area contributed by atoms with Gasteiger partial charge in [-0.3, -0.25) is 4.79 Å². The van der Waals surface area contributed by atoms with Crippen LogP contribution in [-0.2, 0) is 4.79 Å². The van der Waals surface area contributed by atoms with Crippen molar-refractivity contribution in [1.82, 2.24) is 0 Å². The molecule has 180 valence electrons. The minimum Gasteiger partial charge on any atom is -0.481 e. The molecule has 2 N–H and O–H groups in total. The summed E-state index contributed by atoms with van der Waals surface area (Å²) in [5, 5.41) is 21.2. The lowest BCUT2D eigenvalue weighted by atomic mass is 9.36. The van der Waals surface area contributed by atoms with Crippen molar-refractivity contribution in [3.8, 4) is 0 Å². The number of allylic oxidation sites excluding steroid dienone is 1. The maximum Gasteiger partial charge on any atom is 0.309 e. The predicted molar refractivity (Wildman–Crippen MR) is 128 cm³/mol. The monoisotopic (exact) mass is 442 g/mol. The van der Waals surface area contributed by atoms with Gasteiger partial charge < -0.3 is 10.2 Å². The third kappa shape index (κ3) is 2.72. The summed E-state index contributed by atoms with van der Waals surface area (Å²) in [7, 11) is 0. The normalized spacial score (nSPS) is 54.0. The molecule has 5 aliphatic rings. The molecular formula is C29H46O3. The van der Waals surface area contributed by atoms with Gasteiger partial charge in [0.1, 0.15) is 0 Å². The van der Waals surface area contributed by atoms with Gasteiger partial charge >= 0.3 is 5.97 Å². The Kier molecular flexibility index (Phi) is 5.08. The molecule has 0 amide bonds.